The molecule has 1 unspecified atom stereocenters. The molecule has 2 aromatic carbocycles. The van der Waals surface area contributed by atoms with E-state index in [2.05, 4.69) is 34.4 Å². The van der Waals surface area contributed by atoms with Crippen molar-refractivity contribution in [3.8, 4) is 17.0 Å². The zero-order valence-electron chi connectivity index (χ0n) is 18.9. The molecule has 0 bridgehead atoms. The maximum absolute atomic E-state index is 12.6. The lowest BCUT2D eigenvalue weighted by atomic mass is 10.1. The highest BCUT2D eigenvalue weighted by molar-refractivity contribution is 7.08. The molecular formula is C25H29N5O2S. The number of hydrogen-bond acceptors (Lipinski definition) is 6. The summed E-state index contributed by atoms with van der Waals surface area (Å²) in [5.41, 5.74) is 10.2. The molecule has 2 aromatic heterocycles. The number of H-pyrrole nitrogens is 1. The molecule has 1 amide bonds. The number of hydrogen-bond donors (Lipinski definition) is 3. The van der Waals surface area contributed by atoms with E-state index in [1.165, 1.54) is 11.3 Å². The summed E-state index contributed by atoms with van der Waals surface area (Å²) in [7, 11) is 2.10. The highest BCUT2D eigenvalue weighted by Gasteiger charge is 2.17. The summed E-state index contributed by atoms with van der Waals surface area (Å²) in [5, 5.41) is 15.2. The van der Waals surface area contributed by atoms with Crippen LogP contribution in [-0.4, -0.2) is 47.7 Å². The van der Waals surface area contributed by atoms with Crippen LogP contribution >= 0.6 is 11.3 Å². The van der Waals surface area contributed by atoms with E-state index in [0.717, 1.165) is 53.0 Å². The molecule has 2 heterocycles. The van der Waals surface area contributed by atoms with Gasteiger partial charge >= 0.3 is 0 Å². The van der Waals surface area contributed by atoms with Crippen molar-refractivity contribution < 1.29 is 9.53 Å². The number of likely N-dealkylation sites (N-methyl/N-ethyl adjacent to an activating group) is 1. The minimum Gasteiger partial charge on any atom is -0.492 e. The Morgan fingerprint density at radius 3 is 2.76 bits per heavy atom. The van der Waals surface area contributed by atoms with Crippen LogP contribution in [-0.2, 0) is 4.79 Å². The van der Waals surface area contributed by atoms with Crippen LogP contribution in [0.25, 0.3) is 22.2 Å². The Morgan fingerprint density at radius 2 is 2.03 bits per heavy atom. The summed E-state index contributed by atoms with van der Waals surface area (Å²) in [6.45, 7) is 4.78. The van der Waals surface area contributed by atoms with E-state index in [-0.39, 0.29) is 5.91 Å². The van der Waals surface area contributed by atoms with Gasteiger partial charge in [0.1, 0.15) is 18.4 Å². The van der Waals surface area contributed by atoms with Crippen molar-refractivity contribution in [3.63, 3.8) is 0 Å². The van der Waals surface area contributed by atoms with Gasteiger partial charge in [-0.25, -0.2) is 0 Å². The number of aromatic nitrogens is 2. The van der Waals surface area contributed by atoms with E-state index in [1.807, 2.05) is 59.3 Å². The van der Waals surface area contributed by atoms with Crippen molar-refractivity contribution in [3.05, 3.63) is 64.9 Å². The zero-order valence-corrected chi connectivity index (χ0v) is 19.7. The van der Waals surface area contributed by atoms with E-state index in [4.69, 9.17) is 10.5 Å². The number of thiophene rings is 1. The predicted octanol–water partition coefficient (Wildman–Crippen LogP) is 4.65. The van der Waals surface area contributed by atoms with Gasteiger partial charge in [-0.15, -0.1) is 0 Å². The van der Waals surface area contributed by atoms with Crippen LogP contribution in [0.3, 0.4) is 0 Å². The molecule has 4 aromatic rings. The first-order valence-corrected chi connectivity index (χ1v) is 12.0. The van der Waals surface area contributed by atoms with Gasteiger partial charge in [0.05, 0.1) is 11.2 Å². The first kappa shape index (κ1) is 23.0. The van der Waals surface area contributed by atoms with Gasteiger partial charge in [0, 0.05) is 23.2 Å². The van der Waals surface area contributed by atoms with Gasteiger partial charge in [-0.1, -0.05) is 6.92 Å². The second-order valence-electron chi connectivity index (χ2n) is 8.03. The molecule has 0 aliphatic rings. The molecule has 0 saturated heterocycles. The van der Waals surface area contributed by atoms with Gasteiger partial charge < -0.3 is 20.7 Å². The number of nitrogens with two attached hydrogens (primary N) is 1. The second-order valence-corrected chi connectivity index (χ2v) is 8.81. The highest BCUT2D eigenvalue weighted by Crippen LogP contribution is 2.30. The van der Waals surface area contributed by atoms with Gasteiger partial charge in [0.2, 0.25) is 5.91 Å². The van der Waals surface area contributed by atoms with E-state index < -0.39 is 6.04 Å². The fraction of sp³-hybridized carbons (Fsp3) is 0.280. The molecule has 33 heavy (non-hydrogen) atoms. The number of carbonyl (C=O) groups excluding carboxylic acids is 1. The number of nitrogens with one attached hydrogen (secondary N) is 2. The normalized spacial score (nSPS) is 12.2. The van der Waals surface area contributed by atoms with Crippen LogP contribution in [0.5, 0.6) is 5.75 Å². The quantitative estimate of drug-likeness (QED) is 0.318. The molecule has 1 atom stereocenters. The zero-order chi connectivity index (χ0) is 23.2. The second kappa shape index (κ2) is 10.6. The van der Waals surface area contributed by atoms with Crippen LogP contribution < -0.4 is 15.8 Å². The molecular weight excluding hydrogens is 434 g/mol. The van der Waals surface area contributed by atoms with E-state index in [1.54, 1.807) is 0 Å². The van der Waals surface area contributed by atoms with Crippen molar-refractivity contribution in [2.24, 2.45) is 5.73 Å². The molecule has 7 nitrogen and oxygen atoms in total. The Bertz CT molecular complexity index is 1190. The van der Waals surface area contributed by atoms with Crippen molar-refractivity contribution >= 4 is 33.8 Å². The molecule has 172 valence electrons. The van der Waals surface area contributed by atoms with E-state index in [9.17, 15) is 4.79 Å². The largest absolute Gasteiger partial charge is 0.492 e. The lowest BCUT2D eigenvalue weighted by Crippen LogP contribution is -2.27. The van der Waals surface area contributed by atoms with Gasteiger partial charge in [-0.05, 0) is 84.9 Å². The lowest BCUT2D eigenvalue weighted by molar-refractivity contribution is -0.117. The number of carbonyl (C=O) groups is 1. The predicted molar refractivity (Wildman–Crippen MR) is 135 cm³/mol. The number of benzene rings is 2. The number of ether oxygens (including phenoxy) is 1. The summed E-state index contributed by atoms with van der Waals surface area (Å²) in [4.78, 5) is 14.8. The standard InChI is InChI=1S/C25H29N5O2S/c1-3-11-30(2)12-13-32-20-7-4-17(5-8-20)24-21-15-19(6-9-22(21)28-29-24)27-25(31)23(26)18-10-14-33-16-18/h4-10,14-16,23H,3,11-13,26H2,1-2H3,(H,27,31)(H,28,29). The number of amides is 1. The number of nitrogens with zero attached hydrogens (tertiary/aromatic N) is 2. The Balaban J connectivity index is 1.45. The summed E-state index contributed by atoms with van der Waals surface area (Å²) in [5.74, 6) is 0.586. The smallest absolute Gasteiger partial charge is 0.245 e. The van der Waals surface area contributed by atoms with Crippen LogP contribution in [0, 0.1) is 0 Å². The third-order valence-corrected chi connectivity index (χ3v) is 6.19. The first-order valence-electron chi connectivity index (χ1n) is 11.0. The topological polar surface area (TPSA) is 96.3 Å². The van der Waals surface area contributed by atoms with Gasteiger partial charge in [-0.2, -0.15) is 16.4 Å². The van der Waals surface area contributed by atoms with Crippen LogP contribution in [0.4, 0.5) is 5.69 Å². The SMILES string of the molecule is CCCN(C)CCOc1ccc(-c2n[nH]c3ccc(NC(=O)C(N)c4ccsc4)cc23)cc1. The number of rotatable bonds is 10. The molecule has 0 radical (unpaired) electrons. The summed E-state index contributed by atoms with van der Waals surface area (Å²) in [6, 6.07) is 14.7. The minimum absolute atomic E-state index is 0.246. The molecule has 0 fully saturated rings. The average Bonchev–Trinajstić information content (AvgIpc) is 3.49. The highest BCUT2D eigenvalue weighted by atomic mass is 32.1. The Hall–Kier alpha value is -3.20. The molecule has 4 rings (SSSR count). The fourth-order valence-electron chi connectivity index (χ4n) is 3.66. The first-order chi connectivity index (χ1) is 16.0. The fourth-order valence-corrected chi connectivity index (χ4v) is 4.35. The van der Waals surface area contributed by atoms with Crippen molar-refractivity contribution in [1.29, 1.82) is 0 Å². The number of aromatic amines is 1. The van der Waals surface area contributed by atoms with Crippen LogP contribution in [0.15, 0.2) is 59.3 Å². The summed E-state index contributed by atoms with van der Waals surface area (Å²) < 4.78 is 5.87. The molecule has 0 spiro atoms. The van der Waals surface area contributed by atoms with Gasteiger partial charge in [-0.3, -0.25) is 9.89 Å². The van der Waals surface area contributed by atoms with E-state index in [0.29, 0.717) is 12.3 Å². The lowest BCUT2D eigenvalue weighted by Gasteiger charge is -2.15. The summed E-state index contributed by atoms with van der Waals surface area (Å²) in [6.07, 6.45) is 1.13. The summed E-state index contributed by atoms with van der Waals surface area (Å²) >= 11 is 1.52. The molecule has 0 aliphatic heterocycles. The van der Waals surface area contributed by atoms with Crippen molar-refractivity contribution in [1.82, 2.24) is 15.1 Å². The Morgan fingerprint density at radius 1 is 1.21 bits per heavy atom. The maximum atomic E-state index is 12.6. The monoisotopic (exact) mass is 463 g/mol. The maximum Gasteiger partial charge on any atom is 0.245 e. The molecule has 0 aliphatic carbocycles. The number of anilines is 1. The molecule has 0 saturated carbocycles. The third kappa shape index (κ3) is 5.60. The Labute approximate surface area is 197 Å². The Kier molecular flexibility index (Phi) is 7.39. The van der Waals surface area contributed by atoms with Crippen molar-refractivity contribution in [2.45, 2.75) is 19.4 Å². The third-order valence-electron chi connectivity index (χ3n) is 5.49. The molecule has 4 N–H and O–H groups in total. The van der Waals surface area contributed by atoms with Crippen molar-refractivity contribution in [2.75, 3.05) is 32.1 Å². The minimum atomic E-state index is -0.704. The van der Waals surface area contributed by atoms with Crippen LogP contribution in [0.1, 0.15) is 24.9 Å². The van der Waals surface area contributed by atoms with Crippen LogP contribution in [0.2, 0.25) is 0 Å². The average molecular weight is 464 g/mol. The van der Waals surface area contributed by atoms with E-state index >= 15 is 0 Å². The van der Waals surface area contributed by atoms with Gasteiger partial charge in [0.15, 0.2) is 0 Å². The van der Waals surface area contributed by atoms with Gasteiger partial charge in [0.25, 0.3) is 0 Å². The molecule has 8 heteroatoms. The number of fused-ring (bicyclic) bond motifs is 1.